The number of hydrogen-bond donors (Lipinski definition) is 2. The van der Waals surface area contributed by atoms with Crippen LogP contribution in [0, 0.1) is 0 Å². The van der Waals surface area contributed by atoms with Crippen molar-refractivity contribution in [1.82, 2.24) is 10.3 Å². The Labute approximate surface area is 226 Å². The third kappa shape index (κ3) is 4.76. The van der Waals surface area contributed by atoms with Crippen LogP contribution in [0.5, 0.6) is 0 Å². The number of anilines is 3. The highest BCUT2D eigenvalue weighted by atomic mass is 35.5. The summed E-state index contributed by atoms with van der Waals surface area (Å²) < 4.78 is 5.48. The van der Waals surface area contributed by atoms with Crippen molar-refractivity contribution in [1.29, 1.82) is 0 Å². The number of morpholine rings is 1. The van der Waals surface area contributed by atoms with Crippen LogP contribution < -0.4 is 15.5 Å². The lowest BCUT2D eigenvalue weighted by Crippen LogP contribution is -2.36. The summed E-state index contributed by atoms with van der Waals surface area (Å²) in [5, 5.41) is 7.32. The summed E-state index contributed by atoms with van der Waals surface area (Å²) in [6, 6.07) is 25.8. The molecule has 4 aromatic rings. The minimum absolute atomic E-state index is 0.495. The molecule has 7 heteroatoms. The number of carbonyl (C=O) groups is 1. The fourth-order valence-electron chi connectivity index (χ4n) is 5.04. The van der Waals surface area contributed by atoms with Crippen LogP contribution in [0.15, 0.2) is 85.1 Å². The Balaban J connectivity index is 1.42. The third-order valence-corrected chi connectivity index (χ3v) is 7.28. The van der Waals surface area contributed by atoms with E-state index in [2.05, 4.69) is 39.8 Å². The van der Waals surface area contributed by atoms with Gasteiger partial charge in [0.2, 0.25) is 0 Å². The fraction of sp³-hybridized carbons (Fsp3) is 0.161. The van der Waals surface area contributed by atoms with Crippen LogP contribution in [-0.2, 0) is 9.53 Å². The van der Waals surface area contributed by atoms with Gasteiger partial charge in [-0.05, 0) is 59.8 Å². The number of ether oxygens (including phenoxy) is 1. The summed E-state index contributed by atoms with van der Waals surface area (Å²) in [4.78, 5) is 19.4. The van der Waals surface area contributed by atoms with E-state index in [1.165, 1.54) is 0 Å². The summed E-state index contributed by atoms with van der Waals surface area (Å²) in [6.45, 7) is 3.25. The molecule has 0 spiro atoms. The number of halogens is 1. The van der Waals surface area contributed by atoms with E-state index in [1.807, 2.05) is 66.9 Å². The van der Waals surface area contributed by atoms with Crippen molar-refractivity contribution in [2.45, 2.75) is 6.04 Å². The molecule has 3 heterocycles. The molecular weight excluding hydrogens is 496 g/mol. The molecule has 38 heavy (non-hydrogen) atoms. The van der Waals surface area contributed by atoms with Gasteiger partial charge in [-0.3, -0.25) is 0 Å². The van der Waals surface area contributed by atoms with Crippen molar-refractivity contribution in [2.24, 2.45) is 0 Å². The molecule has 1 atom stereocenters. The second-order valence-electron chi connectivity index (χ2n) is 9.27. The molecule has 1 saturated heterocycles. The Morgan fingerprint density at radius 3 is 2.39 bits per heavy atom. The van der Waals surface area contributed by atoms with Crippen LogP contribution in [-0.4, -0.2) is 37.6 Å². The number of pyridine rings is 1. The van der Waals surface area contributed by atoms with E-state index < -0.39 is 6.04 Å². The molecule has 0 radical (unpaired) electrons. The summed E-state index contributed by atoms with van der Waals surface area (Å²) in [6.07, 6.45) is 4.70. The van der Waals surface area contributed by atoms with Crippen molar-refractivity contribution in [3.8, 4) is 22.4 Å². The topological polar surface area (TPSA) is 66.5 Å². The van der Waals surface area contributed by atoms with Crippen molar-refractivity contribution in [3.05, 3.63) is 101 Å². The highest BCUT2D eigenvalue weighted by Crippen LogP contribution is 2.39. The highest BCUT2D eigenvalue weighted by Gasteiger charge is 2.24. The molecule has 3 aromatic carbocycles. The number of aldehydes is 1. The predicted octanol–water partition coefficient (Wildman–Crippen LogP) is 6.46. The van der Waals surface area contributed by atoms with Gasteiger partial charge in [-0.15, -0.1) is 0 Å². The van der Waals surface area contributed by atoms with E-state index >= 15 is 0 Å². The molecule has 0 amide bonds. The fourth-order valence-corrected chi connectivity index (χ4v) is 5.28. The zero-order valence-corrected chi connectivity index (χ0v) is 21.5. The van der Waals surface area contributed by atoms with E-state index in [0.29, 0.717) is 10.8 Å². The van der Waals surface area contributed by atoms with Crippen LogP contribution in [0.3, 0.4) is 0 Å². The van der Waals surface area contributed by atoms with Gasteiger partial charge in [0.15, 0.2) is 0 Å². The average molecular weight is 523 g/mol. The molecular formula is C31H27ClN4O2. The van der Waals surface area contributed by atoms with Gasteiger partial charge in [0.05, 0.1) is 18.9 Å². The van der Waals surface area contributed by atoms with Crippen molar-refractivity contribution < 1.29 is 9.53 Å². The maximum atomic E-state index is 12.0. The zero-order valence-electron chi connectivity index (χ0n) is 20.7. The standard InChI is InChI=1S/C31H27ClN4O2/c32-27-8-4-3-6-25(27)24-5-1-2-7-26(24)28-19-21-13-14-33-29(20-37)30(21)31(35-28)34-22-9-11-23(12-10-22)36-15-17-38-18-16-36/h1-14,19-20,29,33H,15-18H2,(H,34,35). The number of carbonyl (C=O) groups excluding carboxylic acids is 1. The van der Waals surface area contributed by atoms with Gasteiger partial charge in [-0.25, -0.2) is 4.98 Å². The minimum Gasteiger partial charge on any atom is -0.378 e. The lowest BCUT2D eigenvalue weighted by molar-refractivity contribution is -0.109. The van der Waals surface area contributed by atoms with Gasteiger partial charge in [0.1, 0.15) is 18.1 Å². The quantitative estimate of drug-likeness (QED) is 0.283. The van der Waals surface area contributed by atoms with Crippen LogP contribution in [0.4, 0.5) is 17.2 Å². The Kier molecular flexibility index (Phi) is 6.82. The third-order valence-electron chi connectivity index (χ3n) is 6.95. The monoisotopic (exact) mass is 522 g/mol. The first kappa shape index (κ1) is 24.2. The molecule has 0 bridgehead atoms. The molecule has 2 aliphatic rings. The van der Waals surface area contributed by atoms with Gasteiger partial charge < -0.3 is 25.1 Å². The number of aromatic nitrogens is 1. The van der Waals surface area contributed by atoms with Crippen LogP contribution >= 0.6 is 11.6 Å². The number of nitrogens with zero attached hydrogens (tertiary/aromatic N) is 2. The van der Waals surface area contributed by atoms with Crippen molar-refractivity contribution >= 4 is 41.2 Å². The van der Waals surface area contributed by atoms with E-state index in [1.54, 1.807) is 0 Å². The lowest BCUT2D eigenvalue weighted by atomic mass is 9.93. The molecule has 2 aliphatic heterocycles. The Morgan fingerprint density at radius 2 is 1.66 bits per heavy atom. The first-order chi connectivity index (χ1) is 18.7. The van der Waals surface area contributed by atoms with E-state index in [-0.39, 0.29) is 0 Å². The molecule has 6 nitrogen and oxygen atoms in total. The molecule has 0 saturated carbocycles. The average Bonchev–Trinajstić information content (AvgIpc) is 2.98. The largest absolute Gasteiger partial charge is 0.378 e. The lowest BCUT2D eigenvalue weighted by Gasteiger charge is -2.29. The molecule has 6 rings (SSSR count). The van der Waals surface area contributed by atoms with E-state index in [9.17, 15) is 4.79 Å². The molecule has 1 aromatic heterocycles. The minimum atomic E-state index is -0.495. The van der Waals surface area contributed by atoms with Gasteiger partial charge in [0.25, 0.3) is 0 Å². The van der Waals surface area contributed by atoms with Crippen LogP contribution in [0.1, 0.15) is 17.2 Å². The predicted molar refractivity (Wildman–Crippen MR) is 154 cm³/mol. The number of hydrogen-bond acceptors (Lipinski definition) is 6. The maximum Gasteiger partial charge on any atom is 0.146 e. The highest BCUT2D eigenvalue weighted by molar-refractivity contribution is 6.33. The Bertz CT molecular complexity index is 1500. The Hall–Kier alpha value is -4.13. The normalized spacial score (nSPS) is 16.4. The van der Waals surface area contributed by atoms with E-state index in [4.69, 9.17) is 21.3 Å². The first-order valence-electron chi connectivity index (χ1n) is 12.7. The van der Waals surface area contributed by atoms with Gasteiger partial charge in [0, 0.05) is 46.2 Å². The first-order valence-corrected chi connectivity index (χ1v) is 13.1. The number of rotatable bonds is 6. The molecule has 1 fully saturated rings. The van der Waals surface area contributed by atoms with Gasteiger partial charge >= 0.3 is 0 Å². The number of nitrogens with one attached hydrogen (secondary N) is 2. The second kappa shape index (κ2) is 10.7. The van der Waals surface area contributed by atoms with Gasteiger partial charge in [-0.1, -0.05) is 54.1 Å². The SMILES string of the molecule is O=CC1NC=Cc2cc(-c3ccccc3-c3ccccc3Cl)nc(Nc3ccc(N4CCOCC4)cc3)c21. The van der Waals surface area contributed by atoms with Crippen LogP contribution in [0.2, 0.25) is 5.02 Å². The summed E-state index contributed by atoms with van der Waals surface area (Å²) in [7, 11) is 0. The maximum absolute atomic E-state index is 12.0. The summed E-state index contributed by atoms with van der Waals surface area (Å²) in [5.41, 5.74) is 7.51. The molecule has 1 unspecified atom stereocenters. The Morgan fingerprint density at radius 1 is 0.947 bits per heavy atom. The van der Waals surface area contributed by atoms with Crippen molar-refractivity contribution in [3.63, 3.8) is 0 Å². The van der Waals surface area contributed by atoms with Gasteiger partial charge in [-0.2, -0.15) is 0 Å². The number of benzene rings is 3. The number of fused-ring (bicyclic) bond motifs is 1. The molecule has 190 valence electrons. The van der Waals surface area contributed by atoms with E-state index in [0.717, 1.165) is 77.5 Å². The van der Waals surface area contributed by atoms with Crippen molar-refractivity contribution in [2.75, 3.05) is 36.5 Å². The van der Waals surface area contributed by atoms with Crippen LogP contribution in [0.25, 0.3) is 28.5 Å². The summed E-state index contributed by atoms with van der Waals surface area (Å²) in [5.74, 6) is 0.638. The molecule has 2 N–H and O–H groups in total. The second-order valence-corrected chi connectivity index (χ2v) is 9.68. The summed E-state index contributed by atoms with van der Waals surface area (Å²) >= 11 is 6.58. The molecule has 0 aliphatic carbocycles. The zero-order chi connectivity index (χ0) is 25.9. The smallest absolute Gasteiger partial charge is 0.146 e.